The molecule has 0 amide bonds. The summed E-state index contributed by atoms with van der Waals surface area (Å²) < 4.78 is 0. The highest BCUT2D eigenvalue weighted by molar-refractivity contribution is 4.91. The van der Waals surface area contributed by atoms with Gasteiger partial charge in [0, 0.05) is 18.6 Å². The third kappa shape index (κ3) is 7.65. The van der Waals surface area contributed by atoms with Crippen LogP contribution >= 0.6 is 0 Å². The fraction of sp³-hybridized carbons (Fsp3) is 1.00. The minimum atomic E-state index is 0.231. The summed E-state index contributed by atoms with van der Waals surface area (Å²) in [5.41, 5.74) is 0.723. The topological polar surface area (TPSA) is 15.3 Å². The Hall–Kier alpha value is -0.0800. The lowest BCUT2D eigenvalue weighted by Gasteiger charge is -2.44. The zero-order valence-corrected chi connectivity index (χ0v) is 15.6. The fourth-order valence-corrected chi connectivity index (χ4v) is 3.86. The second kappa shape index (κ2) is 8.53. The molecule has 126 valence electrons. The minimum absolute atomic E-state index is 0.231. The number of rotatable bonds is 8. The Morgan fingerprint density at radius 1 is 1.24 bits per heavy atom. The van der Waals surface area contributed by atoms with Crippen molar-refractivity contribution in [3.05, 3.63) is 0 Å². The molecule has 0 saturated heterocycles. The quantitative estimate of drug-likeness (QED) is 0.654. The summed E-state index contributed by atoms with van der Waals surface area (Å²) in [4.78, 5) is 2.60. The normalized spacial score (nSPS) is 27.3. The van der Waals surface area contributed by atoms with Crippen molar-refractivity contribution >= 4 is 0 Å². The molecule has 0 heterocycles. The summed E-state index contributed by atoms with van der Waals surface area (Å²) >= 11 is 0. The predicted octanol–water partition coefficient (Wildman–Crippen LogP) is 4.69. The molecule has 0 bridgehead atoms. The Bertz CT molecular complexity index is 282. The summed E-state index contributed by atoms with van der Waals surface area (Å²) in [5, 5.41) is 3.80. The van der Waals surface area contributed by atoms with Gasteiger partial charge in [-0.05, 0) is 65.0 Å². The van der Waals surface area contributed by atoms with Crippen LogP contribution < -0.4 is 5.32 Å². The van der Waals surface area contributed by atoms with Gasteiger partial charge in [0.25, 0.3) is 0 Å². The van der Waals surface area contributed by atoms with Crippen molar-refractivity contribution in [3.63, 3.8) is 0 Å². The lowest BCUT2D eigenvalue weighted by Crippen LogP contribution is -2.50. The van der Waals surface area contributed by atoms with E-state index in [0.717, 1.165) is 5.92 Å². The molecule has 1 saturated carbocycles. The van der Waals surface area contributed by atoms with Crippen LogP contribution in [0.3, 0.4) is 0 Å². The number of hydrogen-bond donors (Lipinski definition) is 1. The van der Waals surface area contributed by atoms with E-state index in [4.69, 9.17) is 0 Å². The second-order valence-corrected chi connectivity index (χ2v) is 8.75. The lowest BCUT2D eigenvalue weighted by atomic mass is 9.69. The molecule has 2 nitrogen and oxygen atoms in total. The first-order valence-corrected chi connectivity index (χ1v) is 9.20. The van der Waals surface area contributed by atoms with Gasteiger partial charge in [-0.3, -0.25) is 0 Å². The van der Waals surface area contributed by atoms with Crippen molar-refractivity contribution in [2.45, 2.75) is 85.1 Å². The molecule has 1 fully saturated rings. The number of nitrogens with one attached hydrogen (secondary N) is 1. The van der Waals surface area contributed by atoms with E-state index >= 15 is 0 Å². The van der Waals surface area contributed by atoms with Gasteiger partial charge in [-0.25, -0.2) is 0 Å². The average Bonchev–Trinajstić information content (AvgIpc) is 2.36. The van der Waals surface area contributed by atoms with Gasteiger partial charge >= 0.3 is 0 Å². The molecule has 0 aromatic heterocycles. The first-order chi connectivity index (χ1) is 9.76. The van der Waals surface area contributed by atoms with Crippen molar-refractivity contribution < 1.29 is 0 Å². The van der Waals surface area contributed by atoms with Gasteiger partial charge in [0.2, 0.25) is 0 Å². The summed E-state index contributed by atoms with van der Waals surface area (Å²) in [6, 6.07) is 0. The van der Waals surface area contributed by atoms with Crippen LogP contribution in [0.2, 0.25) is 0 Å². The van der Waals surface area contributed by atoms with Crippen molar-refractivity contribution in [2.75, 3.05) is 26.7 Å². The molecule has 1 N–H and O–H groups in total. The van der Waals surface area contributed by atoms with E-state index in [0.29, 0.717) is 5.41 Å². The average molecular weight is 297 g/mol. The minimum Gasteiger partial charge on any atom is -0.311 e. The van der Waals surface area contributed by atoms with Gasteiger partial charge in [0.15, 0.2) is 0 Å². The van der Waals surface area contributed by atoms with Crippen LogP contribution in [0.5, 0.6) is 0 Å². The first kappa shape index (κ1) is 19.0. The van der Waals surface area contributed by atoms with Crippen LogP contribution in [0.25, 0.3) is 0 Å². The van der Waals surface area contributed by atoms with Crippen LogP contribution in [-0.4, -0.2) is 37.1 Å². The SMILES string of the molecule is CCCCCN(C)CC1(CNC(C)(C)C)CCCC(C)C1. The van der Waals surface area contributed by atoms with Gasteiger partial charge in [-0.1, -0.05) is 39.5 Å². The van der Waals surface area contributed by atoms with E-state index in [1.807, 2.05) is 0 Å². The van der Waals surface area contributed by atoms with E-state index in [1.54, 1.807) is 0 Å². The van der Waals surface area contributed by atoms with Crippen LogP contribution in [0.4, 0.5) is 0 Å². The third-order valence-corrected chi connectivity index (χ3v) is 4.93. The van der Waals surface area contributed by atoms with E-state index in [2.05, 4.69) is 51.9 Å². The monoisotopic (exact) mass is 296 g/mol. The maximum absolute atomic E-state index is 3.80. The standard InChI is InChI=1S/C19H40N2/c1-7-8-9-13-21(6)16-19(15-20-18(3,4)5)12-10-11-17(2)14-19/h17,20H,7-16H2,1-6H3. The number of unbranched alkanes of at least 4 members (excludes halogenated alkanes) is 2. The van der Waals surface area contributed by atoms with Crippen LogP contribution in [0.15, 0.2) is 0 Å². The molecule has 1 rings (SSSR count). The maximum Gasteiger partial charge on any atom is 0.00967 e. The lowest BCUT2D eigenvalue weighted by molar-refractivity contribution is 0.0840. The Kier molecular flexibility index (Phi) is 7.70. The molecule has 0 aliphatic heterocycles. The largest absolute Gasteiger partial charge is 0.311 e. The molecule has 21 heavy (non-hydrogen) atoms. The van der Waals surface area contributed by atoms with E-state index in [-0.39, 0.29) is 5.54 Å². The zero-order chi connectivity index (χ0) is 15.9. The van der Waals surface area contributed by atoms with Gasteiger partial charge in [0.1, 0.15) is 0 Å². The Labute approximate surface area is 134 Å². The molecular formula is C19H40N2. The molecule has 0 spiro atoms. The maximum atomic E-state index is 3.80. The molecule has 0 aromatic carbocycles. The van der Waals surface area contributed by atoms with Crippen LogP contribution in [-0.2, 0) is 0 Å². The Morgan fingerprint density at radius 3 is 2.52 bits per heavy atom. The summed E-state index contributed by atoms with van der Waals surface area (Å²) in [6.07, 6.45) is 9.68. The molecule has 2 unspecified atom stereocenters. The Balaban J connectivity index is 2.59. The van der Waals surface area contributed by atoms with Crippen LogP contribution in [0.1, 0.15) is 79.6 Å². The van der Waals surface area contributed by atoms with Crippen molar-refractivity contribution in [3.8, 4) is 0 Å². The van der Waals surface area contributed by atoms with Crippen molar-refractivity contribution in [1.29, 1.82) is 0 Å². The number of hydrogen-bond acceptors (Lipinski definition) is 2. The first-order valence-electron chi connectivity index (χ1n) is 9.20. The van der Waals surface area contributed by atoms with Gasteiger partial charge < -0.3 is 10.2 Å². The number of nitrogens with zero attached hydrogens (tertiary/aromatic N) is 1. The summed E-state index contributed by atoms with van der Waals surface area (Å²) in [5.74, 6) is 0.893. The van der Waals surface area contributed by atoms with Gasteiger partial charge in [-0.15, -0.1) is 0 Å². The highest BCUT2D eigenvalue weighted by Crippen LogP contribution is 2.39. The third-order valence-electron chi connectivity index (χ3n) is 4.93. The summed E-state index contributed by atoms with van der Waals surface area (Å²) in [7, 11) is 2.33. The molecule has 1 aliphatic carbocycles. The van der Waals surface area contributed by atoms with Gasteiger partial charge in [0.05, 0.1) is 0 Å². The Morgan fingerprint density at radius 2 is 1.95 bits per heavy atom. The molecule has 2 heteroatoms. The smallest absolute Gasteiger partial charge is 0.00967 e. The second-order valence-electron chi connectivity index (χ2n) is 8.75. The predicted molar refractivity (Wildman–Crippen MR) is 94.8 cm³/mol. The van der Waals surface area contributed by atoms with E-state index in [9.17, 15) is 0 Å². The van der Waals surface area contributed by atoms with Crippen LogP contribution in [0, 0.1) is 11.3 Å². The van der Waals surface area contributed by atoms with Gasteiger partial charge in [-0.2, -0.15) is 0 Å². The van der Waals surface area contributed by atoms with Crippen molar-refractivity contribution in [2.24, 2.45) is 11.3 Å². The van der Waals surface area contributed by atoms with Crippen molar-refractivity contribution in [1.82, 2.24) is 10.2 Å². The molecule has 0 aromatic rings. The summed E-state index contributed by atoms with van der Waals surface area (Å²) in [6.45, 7) is 15.3. The molecule has 2 atom stereocenters. The highest BCUT2D eigenvalue weighted by Gasteiger charge is 2.36. The fourth-order valence-electron chi connectivity index (χ4n) is 3.86. The highest BCUT2D eigenvalue weighted by atomic mass is 15.1. The molecular weight excluding hydrogens is 256 g/mol. The molecule has 1 aliphatic rings. The van der Waals surface area contributed by atoms with E-state index < -0.39 is 0 Å². The zero-order valence-electron chi connectivity index (χ0n) is 15.6. The van der Waals surface area contributed by atoms with E-state index in [1.165, 1.54) is 64.6 Å². The molecule has 0 radical (unpaired) electrons.